The van der Waals surface area contributed by atoms with Crippen molar-refractivity contribution in [2.75, 3.05) is 37.7 Å². The molecular formula is C14H22N4O2. The number of amides is 1. The van der Waals surface area contributed by atoms with Crippen LogP contribution in [0, 0.1) is 0 Å². The third kappa shape index (κ3) is 3.59. The van der Waals surface area contributed by atoms with Gasteiger partial charge in [0, 0.05) is 37.9 Å². The molecule has 1 amide bonds. The van der Waals surface area contributed by atoms with Crippen molar-refractivity contribution in [2.24, 2.45) is 0 Å². The van der Waals surface area contributed by atoms with E-state index in [1.54, 1.807) is 11.2 Å². The highest BCUT2D eigenvalue weighted by Gasteiger charge is 2.22. The quantitative estimate of drug-likeness (QED) is 0.839. The lowest BCUT2D eigenvalue weighted by Gasteiger charge is -2.34. The fraction of sp³-hybridized carbons (Fsp3) is 0.643. The molecule has 0 N–H and O–H groups in total. The summed E-state index contributed by atoms with van der Waals surface area (Å²) in [5, 5.41) is 0. The number of rotatable bonds is 4. The molecule has 0 radical (unpaired) electrons. The van der Waals surface area contributed by atoms with E-state index in [-0.39, 0.29) is 6.09 Å². The lowest BCUT2D eigenvalue weighted by molar-refractivity contribution is 0.105. The number of carbonyl (C=O) groups is 1. The maximum Gasteiger partial charge on any atom is 0.409 e. The van der Waals surface area contributed by atoms with Crippen LogP contribution in [-0.4, -0.2) is 53.7 Å². The van der Waals surface area contributed by atoms with Crippen LogP contribution < -0.4 is 4.90 Å². The van der Waals surface area contributed by atoms with E-state index in [1.807, 2.05) is 13.0 Å². The molecule has 1 aromatic rings. The largest absolute Gasteiger partial charge is 0.450 e. The third-order valence-electron chi connectivity index (χ3n) is 3.35. The highest BCUT2D eigenvalue weighted by molar-refractivity contribution is 5.68. The number of piperazine rings is 1. The lowest BCUT2D eigenvalue weighted by atomic mass is 10.2. The number of hydrogen-bond acceptors (Lipinski definition) is 5. The molecule has 0 unspecified atom stereocenters. The number of anilines is 1. The van der Waals surface area contributed by atoms with Crippen molar-refractivity contribution in [3.05, 3.63) is 18.1 Å². The van der Waals surface area contributed by atoms with Gasteiger partial charge >= 0.3 is 6.09 Å². The summed E-state index contributed by atoms with van der Waals surface area (Å²) in [4.78, 5) is 24.2. The highest BCUT2D eigenvalue weighted by Crippen LogP contribution is 2.15. The SMILES string of the molecule is CCCc1cc(N2CCN(C(=O)OCC)CC2)ncn1. The predicted octanol–water partition coefficient (Wildman–Crippen LogP) is 1.71. The molecular weight excluding hydrogens is 256 g/mol. The monoisotopic (exact) mass is 278 g/mol. The van der Waals surface area contributed by atoms with Gasteiger partial charge in [-0.15, -0.1) is 0 Å². The number of aromatic nitrogens is 2. The minimum absolute atomic E-state index is 0.221. The zero-order valence-electron chi connectivity index (χ0n) is 12.2. The second-order valence-electron chi connectivity index (χ2n) is 4.79. The average molecular weight is 278 g/mol. The summed E-state index contributed by atoms with van der Waals surface area (Å²) < 4.78 is 5.02. The van der Waals surface area contributed by atoms with E-state index in [1.165, 1.54) is 0 Å². The van der Waals surface area contributed by atoms with Crippen LogP contribution in [0.3, 0.4) is 0 Å². The Labute approximate surface area is 119 Å². The number of nitrogens with zero attached hydrogens (tertiary/aromatic N) is 4. The van der Waals surface area contributed by atoms with Crippen LogP contribution in [0.5, 0.6) is 0 Å². The van der Waals surface area contributed by atoms with E-state index in [0.717, 1.165) is 37.4 Å². The number of carbonyl (C=O) groups excluding carboxylic acids is 1. The van der Waals surface area contributed by atoms with Crippen LogP contribution in [-0.2, 0) is 11.2 Å². The summed E-state index contributed by atoms with van der Waals surface area (Å²) in [6.07, 6.45) is 3.45. The predicted molar refractivity (Wildman–Crippen MR) is 76.8 cm³/mol. The van der Waals surface area contributed by atoms with Gasteiger partial charge in [-0.1, -0.05) is 13.3 Å². The van der Waals surface area contributed by atoms with Crippen LogP contribution in [0.2, 0.25) is 0 Å². The second kappa shape index (κ2) is 7.07. The van der Waals surface area contributed by atoms with Crippen molar-refractivity contribution in [3.8, 4) is 0 Å². The molecule has 0 bridgehead atoms. The Morgan fingerprint density at radius 1 is 1.25 bits per heavy atom. The van der Waals surface area contributed by atoms with E-state index in [0.29, 0.717) is 19.7 Å². The van der Waals surface area contributed by atoms with Crippen LogP contribution in [0.4, 0.5) is 10.6 Å². The molecule has 0 aromatic carbocycles. The molecule has 6 nitrogen and oxygen atoms in total. The van der Waals surface area contributed by atoms with Gasteiger partial charge in [-0.3, -0.25) is 0 Å². The van der Waals surface area contributed by atoms with Crippen molar-refractivity contribution < 1.29 is 9.53 Å². The van der Waals surface area contributed by atoms with Gasteiger partial charge in [0.05, 0.1) is 6.61 Å². The smallest absolute Gasteiger partial charge is 0.409 e. The number of hydrogen-bond donors (Lipinski definition) is 0. The van der Waals surface area contributed by atoms with Gasteiger partial charge in [-0.05, 0) is 13.3 Å². The van der Waals surface area contributed by atoms with Crippen LogP contribution in [0.15, 0.2) is 12.4 Å². The molecule has 0 saturated carbocycles. The number of aryl methyl sites for hydroxylation is 1. The maximum absolute atomic E-state index is 11.6. The van der Waals surface area contributed by atoms with E-state index in [2.05, 4.69) is 21.8 Å². The first kappa shape index (κ1) is 14.6. The molecule has 2 rings (SSSR count). The first-order valence-electron chi connectivity index (χ1n) is 7.22. The van der Waals surface area contributed by atoms with Gasteiger partial charge in [-0.2, -0.15) is 0 Å². The van der Waals surface area contributed by atoms with Crippen molar-refractivity contribution in [1.29, 1.82) is 0 Å². The summed E-state index contributed by atoms with van der Waals surface area (Å²) >= 11 is 0. The molecule has 1 fully saturated rings. The van der Waals surface area contributed by atoms with Crippen molar-refractivity contribution >= 4 is 11.9 Å². The second-order valence-corrected chi connectivity index (χ2v) is 4.79. The third-order valence-corrected chi connectivity index (χ3v) is 3.35. The summed E-state index contributed by atoms with van der Waals surface area (Å²) in [5.41, 5.74) is 1.07. The van der Waals surface area contributed by atoms with Crippen LogP contribution in [0.25, 0.3) is 0 Å². The molecule has 0 aliphatic carbocycles. The van der Waals surface area contributed by atoms with Gasteiger partial charge in [0.25, 0.3) is 0 Å². The van der Waals surface area contributed by atoms with E-state index in [4.69, 9.17) is 4.74 Å². The van der Waals surface area contributed by atoms with Crippen molar-refractivity contribution in [1.82, 2.24) is 14.9 Å². The lowest BCUT2D eigenvalue weighted by Crippen LogP contribution is -2.49. The van der Waals surface area contributed by atoms with E-state index >= 15 is 0 Å². The van der Waals surface area contributed by atoms with Gasteiger partial charge in [0.1, 0.15) is 12.1 Å². The number of ether oxygens (including phenoxy) is 1. The van der Waals surface area contributed by atoms with Gasteiger partial charge in [-0.25, -0.2) is 14.8 Å². The summed E-state index contributed by atoms with van der Waals surface area (Å²) in [6.45, 7) is 7.29. The zero-order valence-corrected chi connectivity index (χ0v) is 12.2. The van der Waals surface area contributed by atoms with Crippen LogP contribution >= 0.6 is 0 Å². The van der Waals surface area contributed by atoms with Gasteiger partial charge in [0.15, 0.2) is 0 Å². The standard InChI is InChI=1S/C14H22N4O2/c1-3-5-12-10-13(16-11-15-12)17-6-8-18(9-7-17)14(19)20-4-2/h10-11H,3-9H2,1-2H3. The molecule has 2 heterocycles. The molecule has 6 heteroatoms. The highest BCUT2D eigenvalue weighted by atomic mass is 16.6. The Bertz CT molecular complexity index is 445. The van der Waals surface area contributed by atoms with Gasteiger partial charge in [0.2, 0.25) is 0 Å². The first-order valence-corrected chi connectivity index (χ1v) is 7.22. The van der Waals surface area contributed by atoms with Crippen molar-refractivity contribution in [2.45, 2.75) is 26.7 Å². The minimum atomic E-state index is -0.221. The molecule has 1 saturated heterocycles. The normalized spacial score (nSPS) is 15.3. The molecule has 110 valence electrons. The van der Waals surface area contributed by atoms with Gasteiger partial charge < -0.3 is 14.5 Å². The summed E-state index contributed by atoms with van der Waals surface area (Å²) in [5.74, 6) is 0.951. The fourth-order valence-corrected chi connectivity index (χ4v) is 2.28. The Balaban J connectivity index is 1.93. The first-order chi connectivity index (χ1) is 9.74. The van der Waals surface area contributed by atoms with E-state index in [9.17, 15) is 4.79 Å². The zero-order chi connectivity index (χ0) is 14.4. The topological polar surface area (TPSA) is 58.6 Å². The maximum atomic E-state index is 11.6. The Morgan fingerprint density at radius 2 is 2.00 bits per heavy atom. The molecule has 0 atom stereocenters. The average Bonchev–Trinajstić information content (AvgIpc) is 2.48. The van der Waals surface area contributed by atoms with E-state index < -0.39 is 0 Å². The Hall–Kier alpha value is -1.85. The Kier molecular flexibility index (Phi) is 5.15. The molecule has 1 aromatic heterocycles. The molecule has 1 aliphatic rings. The van der Waals surface area contributed by atoms with Crippen molar-refractivity contribution in [3.63, 3.8) is 0 Å². The summed E-state index contributed by atoms with van der Waals surface area (Å²) in [6, 6.07) is 2.05. The fourth-order valence-electron chi connectivity index (χ4n) is 2.28. The summed E-state index contributed by atoms with van der Waals surface area (Å²) in [7, 11) is 0. The van der Waals surface area contributed by atoms with Crippen LogP contribution in [0.1, 0.15) is 26.0 Å². The minimum Gasteiger partial charge on any atom is -0.450 e. The molecule has 1 aliphatic heterocycles. The Morgan fingerprint density at radius 3 is 2.65 bits per heavy atom. The molecule has 0 spiro atoms. The molecule has 20 heavy (non-hydrogen) atoms.